The molecule has 1 rings (SSSR count). The fraction of sp³-hybridized carbons (Fsp3) is 0.500. The van der Waals surface area contributed by atoms with E-state index < -0.39 is 11.6 Å². The van der Waals surface area contributed by atoms with Gasteiger partial charge in [0.05, 0.1) is 2.25 Å². The number of hydrogen-bond acceptors (Lipinski definition) is 0. The Hall–Kier alpha value is 0.0900. The highest BCUT2D eigenvalue weighted by molar-refractivity contribution is 8.02. The van der Waals surface area contributed by atoms with Gasteiger partial charge in [-0.25, -0.2) is 11.6 Å². The number of hydrogen-bond donors (Lipinski definition) is 0. The molecule has 0 saturated carbocycles. The summed E-state index contributed by atoms with van der Waals surface area (Å²) in [6, 6.07) is 0. The van der Waals surface area contributed by atoms with Gasteiger partial charge in [0.25, 0.3) is 0 Å². The molecule has 0 fully saturated rings. The highest BCUT2D eigenvalue weighted by Gasteiger charge is 1.82. The van der Waals surface area contributed by atoms with Crippen molar-refractivity contribution in [1.82, 2.24) is 0 Å². The van der Waals surface area contributed by atoms with E-state index in [1.165, 1.54) is 0 Å². The maximum atomic E-state index is 7.15. The normalized spacial score (nSPS) is 43.2. The molecule has 0 nitrogen and oxygen atoms in total. The molecule has 0 radical (unpaired) electrons. The molecule has 0 saturated heterocycles. The van der Waals surface area contributed by atoms with Crippen LogP contribution >= 0.6 is 11.6 Å². The van der Waals surface area contributed by atoms with E-state index in [4.69, 9.17) is 2.25 Å². The van der Waals surface area contributed by atoms with Crippen LogP contribution in [0.5, 0.6) is 0 Å². The van der Waals surface area contributed by atoms with E-state index in [0.717, 1.165) is 12.2 Å². The van der Waals surface area contributed by atoms with E-state index in [1.54, 1.807) is 5.41 Å². The van der Waals surface area contributed by atoms with Crippen molar-refractivity contribution in [3.63, 3.8) is 0 Å². The van der Waals surface area contributed by atoms with E-state index in [-0.39, 0.29) is 0 Å². The Morgan fingerprint density at radius 3 is 3.20 bits per heavy atom. The molecule has 0 amide bonds. The van der Waals surface area contributed by atoms with E-state index in [1.807, 2.05) is 6.08 Å². The molecule has 1 heterocycles. The monoisotopic (exact) mass is 90.0 g/mol. The lowest BCUT2D eigenvalue weighted by atomic mass is 10.5. The molecule has 0 spiro atoms. The molecule has 5 heavy (non-hydrogen) atoms. The Morgan fingerprint density at radius 1 is 2.00 bits per heavy atom. The maximum Gasteiger partial charge on any atom is 0.0835 e. The molecular weight excluding hydrogens is 80.1 g/mol. The van der Waals surface area contributed by atoms with Gasteiger partial charge in [-0.3, -0.25) is 0 Å². The Bertz CT molecular complexity index is 97.9. The summed E-state index contributed by atoms with van der Waals surface area (Å²) in [7, 11) is 0. The first-order valence-electron chi connectivity index (χ1n) is 2.58. The predicted molar refractivity (Wildman–Crippen MR) is 29.0 cm³/mol. The fourth-order valence-electron chi connectivity index (χ4n) is 0.340. The minimum atomic E-state index is -1.73. The van der Waals surface area contributed by atoms with Crippen LogP contribution in [-0.2, 0) is 0 Å². The van der Waals surface area contributed by atoms with Gasteiger partial charge >= 0.3 is 0 Å². The Kier molecular flexibility index (Phi) is 0.511. The second-order valence-electron chi connectivity index (χ2n) is 1.03. The second kappa shape index (κ2) is 1.51. The average Bonchev–Trinajstić information content (AvgIpc) is 1.84. The van der Waals surface area contributed by atoms with Crippen LogP contribution in [0.3, 0.4) is 0 Å². The lowest BCUT2D eigenvalue weighted by Gasteiger charge is -1.74. The van der Waals surface area contributed by atoms with Crippen LogP contribution in [0.4, 0.5) is 0 Å². The molecule has 0 aromatic rings. The molecule has 0 bridgehead atoms. The van der Waals surface area contributed by atoms with Gasteiger partial charge in [0.2, 0.25) is 0 Å². The molecule has 0 aliphatic carbocycles. The molecule has 1 aliphatic heterocycles. The minimum Gasteiger partial charge on any atom is -0.246 e. The summed E-state index contributed by atoms with van der Waals surface area (Å²) in [5, 5.41) is 1.72. The molecule has 0 N–H and O–H groups in total. The molecule has 1 aliphatic rings. The van der Waals surface area contributed by atoms with Crippen molar-refractivity contribution >= 4 is 11.6 Å². The van der Waals surface area contributed by atoms with Crippen LogP contribution in [-0.4, -0.2) is 8.00 Å². The van der Waals surface area contributed by atoms with Gasteiger partial charge in [0.1, 0.15) is 0 Å². The van der Waals surface area contributed by atoms with Crippen molar-refractivity contribution in [2.45, 2.75) is 6.42 Å². The second-order valence-corrected chi connectivity index (χ2v) is 2.04. The molecule has 30 valence electrons. The third-order valence-corrected chi connectivity index (χ3v) is 1.45. The Labute approximate surface area is 38.4 Å². The van der Waals surface area contributed by atoms with Gasteiger partial charge in [0, 0.05) is 0 Å². The van der Waals surface area contributed by atoms with Gasteiger partial charge in [0.15, 0.2) is 0 Å². The van der Waals surface area contributed by atoms with Crippen molar-refractivity contribution in [3.05, 3.63) is 11.5 Å². The summed E-state index contributed by atoms with van der Waals surface area (Å²) >= 11 is -1.73. The zero-order valence-corrected chi connectivity index (χ0v) is 3.79. The van der Waals surface area contributed by atoms with Crippen molar-refractivity contribution in [2.75, 3.05) is 5.75 Å². The summed E-state index contributed by atoms with van der Waals surface area (Å²) in [4.78, 5) is 0. The third kappa shape index (κ3) is 0.690. The summed E-state index contributed by atoms with van der Waals surface area (Å²) in [5.74, 6) is 0.757. The number of rotatable bonds is 0. The Balaban J connectivity index is 2.57. The number of allylic oxidation sites excluding steroid dienone is 1. The topological polar surface area (TPSA) is 0 Å². The van der Waals surface area contributed by atoms with Gasteiger partial charge in [-0.1, -0.05) is 11.5 Å². The van der Waals surface area contributed by atoms with E-state index in [0.29, 0.717) is 0 Å². The first kappa shape index (κ1) is 1.69. The summed E-state index contributed by atoms with van der Waals surface area (Å²) in [6.07, 6.45) is 2.87. The van der Waals surface area contributed by atoms with Crippen LogP contribution < -0.4 is 0 Å². The third-order valence-electron chi connectivity index (χ3n) is 0.595. The quantitative estimate of drug-likeness (QED) is 0.418. The average molecular weight is 90.2 g/mol. The van der Waals surface area contributed by atoms with Crippen LogP contribution in [0.25, 0.3) is 0 Å². The molecule has 0 aromatic heterocycles. The van der Waals surface area contributed by atoms with Crippen LogP contribution in [0, 0.1) is 0 Å². The Morgan fingerprint density at radius 2 is 3.00 bits per heavy atom. The minimum absolute atomic E-state index is 0.757. The van der Waals surface area contributed by atoms with E-state index >= 15 is 0 Å². The van der Waals surface area contributed by atoms with Crippen LogP contribution in [0.15, 0.2) is 11.5 Å². The lowest BCUT2D eigenvalue weighted by Crippen LogP contribution is -1.56. The van der Waals surface area contributed by atoms with Gasteiger partial charge in [-0.15, -0.1) is 0 Å². The zero-order valence-electron chi connectivity index (χ0n) is 4.98. The predicted octanol–water partition coefficient (Wildman–Crippen LogP) is 1.10. The maximum absolute atomic E-state index is 7.15. The first-order valence-corrected chi connectivity index (χ1v) is 2.81. The first-order chi connectivity index (χ1) is 3.21. The van der Waals surface area contributed by atoms with Gasteiger partial charge < -0.3 is 0 Å². The van der Waals surface area contributed by atoms with Gasteiger partial charge in [-0.05, 0) is 12.2 Å². The highest BCUT2D eigenvalue weighted by Crippen LogP contribution is 2.11. The highest BCUT2D eigenvalue weighted by atomic mass is 32.2. The summed E-state index contributed by atoms with van der Waals surface area (Å²) in [6.45, 7) is 0. The van der Waals surface area contributed by atoms with E-state index in [2.05, 4.69) is 0 Å². The van der Waals surface area contributed by atoms with Crippen molar-refractivity contribution in [1.29, 1.82) is 2.25 Å². The zero-order chi connectivity index (χ0) is 5.33. The largest absolute Gasteiger partial charge is 0.246 e. The molecule has 0 atom stereocenters. The van der Waals surface area contributed by atoms with Crippen molar-refractivity contribution in [3.8, 4) is 0 Å². The fourth-order valence-corrected chi connectivity index (χ4v) is 1.02. The van der Waals surface area contributed by atoms with E-state index in [9.17, 15) is 0 Å². The molecule has 0 aromatic carbocycles. The lowest BCUT2D eigenvalue weighted by molar-refractivity contribution is 1.28. The summed E-state index contributed by atoms with van der Waals surface area (Å²) in [5.41, 5.74) is 0. The van der Waals surface area contributed by atoms with Crippen LogP contribution in [0.2, 0.25) is 0 Å². The summed E-state index contributed by atoms with van der Waals surface area (Å²) < 4.78 is 14.3. The van der Waals surface area contributed by atoms with Crippen LogP contribution in [0.1, 0.15) is 6.42 Å². The SMILES string of the molecule is [2H]S1([2H])C=CCC1. The molecular formula is C4H8S. The van der Waals surface area contributed by atoms with Crippen molar-refractivity contribution in [2.24, 2.45) is 0 Å². The smallest absolute Gasteiger partial charge is 0.0835 e. The molecule has 0 unspecified atom stereocenters. The standard InChI is InChI=1S/C4H8S/c1-2-4-5-3-1/h1,3H,2,4-5H2/i5D2. The molecule has 1 heteroatoms. The van der Waals surface area contributed by atoms with Gasteiger partial charge in [-0.2, -0.15) is 0 Å². The van der Waals surface area contributed by atoms with Crippen molar-refractivity contribution < 1.29 is 0 Å².